The van der Waals surface area contributed by atoms with Crippen LogP contribution < -0.4 is 0 Å². The Hall–Kier alpha value is -0.930. The average Bonchev–Trinajstić information content (AvgIpc) is 2.78. The standard InChI is InChI=1S/C13H18FNO/c14-13-5-3-4-11(8-13)12(10-16)9-15-6-1-2-7-15/h3-5,8,12,16H,1-2,6-7,9-10H2. The van der Waals surface area contributed by atoms with Crippen molar-refractivity contribution in [2.45, 2.75) is 18.8 Å². The second-order valence-electron chi connectivity index (χ2n) is 4.44. The van der Waals surface area contributed by atoms with E-state index in [4.69, 9.17) is 0 Å². The van der Waals surface area contributed by atoms with Crippen molar-refractivity contribution in [1.82, 2.24) is 4.90 Å². The fourth-order valence-electron chi connectivity index (χ4n) is 2.31. The molecule has 1 aromatic carbocycles. The minimum atomic E-state index is -0.225. The number of likely N-dealkylation sites (tertiary alicyclic amines) is 1. The lowest BCUT2D eigenvalue weighted by Crippen LogP contribution is -2.27. The first-order valence-corrected chi connectivity index (χ1v) is 5.88. The Morgan fingerprint density at radius 3 is 2.69 bits per heavy atom. The van der Waals surface area contributed by atoms with Gasteiger partial charge in [0.15, 0.2) is 0 Å². The lowest BCUT2D eigenvalue weighted by atomic mass is 9.99. The van der Waals surface area contributed by atoms with E-state index in [2.05, 4.69) is 4.90 Å². The number of hydrogen-bond acceptors (Lipinski definition) is 2. The molecular weight excluding hydrogens is 205 g/mol. The van der Waals surface area contributed by atoms with Gasteiger partial charge in [-0.25, -0.2) is 4.39 Å². The molecule has 0 amide bonds. The van der Waals surface area contributed by atoms with Gasteiger partial charge in [0.25, 0.3) is 0 Å². The fourth-order valence-corrected chi connectivity index (χ4v) is 2.31. The normalized spacial score (nSPS) is 18.9. The van der Waals surface area contributed by atoms with Crippen molar-refractivity contribution in [3.8, 4) is 0 Å². The van der Waals surface area contributed by atoms with Crippen molar-refractivity contribution < 1.29 is 9.50 Å². The van der Waals surface area contributed by atoms with E-state index in [0.717, 1.165) is 25.2 Å². The number of nitrogens with zero attached hydrogens (tertiary/aromatic N) is 1. The smallest absolute Gasteiger partial charge is 0.123 e. The topological polar surface area (TPSA) is 23.5 Å². The van der Waals surface area contributed by atoms with Crippen LogP contribution in [0.15, 0.2) is 24.3 Å². The molecule has 2 rings (SSSR count). The molecule has 88 valence electrons. The van der Waals surface area contributed by atoms with Crippen LogP contribution in [0, 0.1) is 5.82 Å². The SMILES string of the molecule is OCC(CN1CCCC1)c1cccc(F)c1. The van der Waals surface area contributed by atoms with Crippen molar-refractivity contribution in [1.29, 1.82) is 0 Å². The van der Waals surface area contributed by atoms with E-state index in [1.54, 1.807) is 6.07 Å². The van der Waals surface area contributed by atoms with E-state index in [1.807, 2.05) is 6.07 Å². The predicted octanol–water partition coefficient (Wildman–Crippen LogP) is 2.00. The largest absolute Gasteiger partial charge is 0.396 e. The Kier molecular flexibility index (Phi) is 3.91. The minimum Gasteiger partial charge on any atom is -0.396 e. The summed E-state index contributed by atoms with van der Waals surface area (Å²) < 4.78 is 13.1. The molecule has 1 unspecified atom stereocenters. The van der Waals surface area contributed by atoms with Gasteiger partial charge < -0.3 is 10.0 Å². The van der Waals surface area contributed by atoms with Crippen LogP contribution in [-0.4, -0.2) is 36.2 Å². The molecule has 1 atom stereocenters. The Labute approximate surface area is 95.7 Å². The van der Waals surface area contributed by atoms with Crippen LogP contribution in [0.5, 0.6) is 0 Å². The van der Waals surface area contributed by atoms with Crippen LogP contribution in [0.25, 0.3) is 0 Å². The third-order valence-corrected chi connectivity index (χ3v) is 3.22. The van der Waals surface area contributed by atoms with Gasteiger partial charge in [-0.05, 0) is 43.6 Å². The van der Waals surface area contributed by atoms with Gasteiger partial charge in [-0.15, -0.1) is 0 Å². The van der Waals surface area contributed by atoms with Crippen LogP contribution in [0.1, 0.15) is 24.3 Å². The van der Waals surface area contributed by atoms with Crippen LogP contribution in [-0.2, 0) is 0 Å². The first-order chi connectivity index (χ1) is 7.79. The summed E-state index contributed by atoms with van der Waals surface area (Å²) >= 11 is 0. The lowest BCUT2D eigenvalue weighted by molar-refractivity contribution is 0.220. The maximum absolute atomic E-state index is 13.1. The molecule has 16 heavy (non-hydrogen) atoms. The van der Waals surface area contributed by atoms with Gasteiger partial charge in [-0.2, -0.15) is 0 Å². The number of benzene rings is 1. The Morgan fingerprint density at radius 1 is 1.31 bits per heavy atom. The van der Waals surface area contributed by atoms with Gasteiger partial charge in [-0.3, -0.25) is 0 Å². The first kappa shape index (κ1) is 11.6. The van der Waals surface area contributed by atoms with Gasteiger partial charge in [0.05, 0.1) is 6.61 Å². The maximum atomic E-state index is 13.1. The summed E-state index contributed by atoms with van der Waals surface area (Å²) in [5.41, 5.74) is 0.898. The third-order valence-electron chi connectivity index (χ3n) is 3.22. The summed E-state index contributed by atoms with van der Waals surface area (Å²) in [5.74, 6) is -0.189. The first-order valence-electron chi connectivity index (χ1n) is 5.88. The molecule has 3 heteroatoms. The maximum Gasteiger partial charge on any atom is 0.123 e. The van der Waals surface area contributed by atoms with Crippen molar-refractivity contribution >= 4 is 0 Å². The van der Waals surface area contributed by atoms with Gasteiger partial charge in [-0.1, -0.05) is 12.1 Å². The molecule has 1 saturated heterocycles. The highest BCUT2D eigenvalue weighted by Gasteiger charge is 2.18. The zero-order valence-electron chi connectivity index (χ0n) is 9.40. The lowest BCUT2D eigenvalue weighted by Gasteiger charge is -2.22. The Morgan fingerprint density at radius 2 is 2.06 bits per heavy atom. The van der Waals surface area contributed by atoms with Crippen molar-refractivity contribution in [3.63, 3.8) is 0 Å². The van der Waals surface area contributed by atoms with Crippen LogP contribution in [0.4, 0.5) is 4.39 Å². The highest BCUT2D eigenvalue weighted by molar-refractivity contribution is 5.21. The van der Waals surface area contributed by atoms with Gasteiger partial charge in [0, 0.05) is 12.5 Å². The van der Waals surface area contributed by atoms with Crippen molar-refractivity contribution in [3.05, 3.63) is 35.6 Å². The van der Waals surface area contributed by atoms with Gasteiger partial charge in [0.1, 0.15) is 5.82 Å². The van der Waals surface area contributed by atoms with E-state index in [-0.39, 0.29) is 18.3 Å². The van der Waals surface area contributed by atoms with E-state index in [9.17, 15) is 9.50 Å². The highest BCUT2D eigenvalue weighted by atomic mass is 19.1. The number of aliphatic hydroxyl groups is 1. The van der Waals surface area contributed by atoms with Crippen LogP contribution in [0.3, 0.4) is 0 Å². The second-order valence-corrected chi connectivity index (χ2v) is 4.44. The summed E-state index contributed by atoms with van der Waals surface area (Å²) in [4.78, 5) is 2.34. The quantitative estimate of drug-likeness (QED) is 0.844. The monoisotopic (exact) mass is 223 g/mol. The summed E-state index contributed by atoms with van der Waals surface area (Å²) in [6, 6.07) is 6.56. The predicted molar refractivity (Wildman–Crippen MR) is 61.9 cm³/mol. The number of aliphatic hydroxyl groups excluding tert-OH is 1. The molecule has 2 nitrogen and oxygen atoms in total. The molecule has 0 aliphatic carbocycles. The summed E-state index contributed by atoms with van der Waals surface area (Å²) in [7, 11) is 0. The van der Waals surface area contributed by atoms with Crippen LogP contribution in [0.2, 0.25) is 0 Å². The van der Waals surface area contributed by atoms with E-state index in [1.165, 1.54) is 25.0 Å². The zero-order chi connectivity index (χ0) is 11.4. The molecule has 1 fully saturated rings. The molecule has 0 saturated carbocycles. The van der Waals surface area contributed by atoms with E-state index < -0.39 is 0 Å². The fraction of sp³-hybridized carbons (Fsp3) is 0.538. The molecule has 1 aromatic rings. The molecule has 0 spiro atoms. The van der Waals surface area contributed by atoms with Crippen LogP contribution >= 0.6 is 0 Å². The molecule has 0 aromatic heterocycles. The van der Waals surface area contributed by atoms with Gasteiger partial charge in [0.2, 0.25) is 0 Å². The van der Waals surface area contributed by atoms with Gasteiger partial charge >= 0.3 is 0 Å². The zero-order valence-corrected chi connectivity index (χ0v) is 9.40. The Bertz CT molecular complexity index is 336. The highest BCUT2D eigenvalue weighted by Crippen LogP contribution is 2.20. The summed E-state index contributed by atoms with van der Waals surface area (Å²) in [6.07, 6.45) is 2.47. The van der Waals surface area contributed by atoms with Crippen molar-refractivity contribution in [2.75, 3.05) is 26.2 Å². The molecule has 1 heterocycles. The molecule has 1 N–H and O–H groups in total. The van der Waals surface area contributed by atoms with E-state index in [0.29, 0.717) is 0 Å². The third kappa shape index (κ3) is 2.80. The minimum absolute atomic E-state index is 0.0359. The van der Waals surface area contributed by atoms with E-state index >= 15 is 0 Å². The Balaban J connectivity index is 2.03. The van der Waals surface area contributed by atoms with Crippen molar-refractivity contribution in [2.24, 2.45) is 0 Å². The molecular formula is C13H18FNO. The average molecular weight is 223 g/mol. The molecule has 0 radical (unpaired) electrons. The molecule has 1 aliphatic rings. The number of hydrogen-bond donors (Lipinski definition) is 1. The number of rotatable bonds is 4. The summed E-state index contributed by atoms with van der Waals surface area (Å²) in [6.45, 7) is 3.12. The second kappa shape index (κ2) is 5.41. The molecule has 1 aliphatic heterocycles. The summed E-state index contributed by atoms with van der Waals surface area (Å²) in [5, 5.41) is 9.38. The number of halogens is 1. The molecule has 0 bridgehead atoms.